The summed E-state index contributed by atoms with van der Waals surface area (Å²) >= 11 is 0. The largest absolute Gasteiger partial charge is 0.388 e. The topological polar surface area (TPSA) is 20.2 Å². The molecule has 1 unspecified atom stereocenters. The summed E-state index contributed by atoms with van der Waals surface area (Å²) in [6.45, 7) is 20.9. The van der Waals surface area contributed by atoms with Gasteiger partial charge in [0.15, 0.2) is 0 Å². The Balaban J connectivity index is 3.39. The third-order valence-electron chi connectivity index (χ3n) is 5.52. The highest BCUT2D eigenvalue weighted by Crippen LogP contribution is 2.64. The van der Waals surface area contributed by atoms with Gasteiger partial charge < -0.3 is 5.11 Å². The van der Waals surface area contributed by atoms with Crippen molar-refractivity contribution in [1.29, 1.82) is 0 Å². The van der Waals surface area contributed by atoms with E-state index in [9.17, 15) is 5.11 Å². The lowest BCUT2D eigenvalue weighted by Crippen LogP contribution is -2.55. The Bertz CT molecular complexity index is 429. The third kappa shape index (κ3) is 3.40. The van der Waals surface area contributed by atoms with Crippen LogP contribution >= 0.6 is 0 Å². The minimum Gasteiger partial charge on any atom is -0.388 e. The van der Waals surface area contributed by atoms with E-state index in [-0.39, 0.29) is 21.7 Å². The maximum absolute atomic E-state index is 10.9. The van der Waals surface area contributed by atoms with Crippen LogP contribution in [-0.4, -0.2) is 5.11 Å². The summed E-state index contributed by atoms with van der Waals surface area (Å²) in [7, 11) is 0. The monoisotopic (exact) mass is 304 g/mol. The van der Waals surface area contributed by atoms with Crippen molar-refractivity contribution in [3.05, 3.63) is 35.9 Å². The Morgan fingerprint density at radius 2 is 1.09 bits per heavy atom. The standard InChI is InChI=1S/C21H36O/c1-18(2,3)21(19(4,5)6,20(7,8)9)15-17(22)16-13-11-10-12-14-16/h10-14,17,22H,15H2,1-9H3. The molecule has 1 rings (SSSR count). The first-order valence-electron chi connectivity index (χ1n) is 8.47. The molecule has 1 aromatic carbocycles. The molecule has 0 bridgehead atoms. The van der Waals surface area contributed by atoms with Crippen LogP contribution in [0.4, 0.5) is 0 Å². The van der Waals surface area contributed by atoms with Crippen LogP contribution < -0.4 is 0 Å². The summed E-state index contributed by atoms with van der Waals surface area (Å²) < 4.78 is 0. The first-order valence-corrected chi connectivity index (χ1v) is 8.47. The lowest BCUT2D eigenvalue weighted by molar-refractivity contribution is -0.148. The predicted octanol–water partition coefficient (Wildman–Crippen LogP) is 6.23. The third-order valence-corrected chi connectivity index (χ3v) is 5.52. The molecule has 0 aliphatic carbocycles. The Morgan fingerprint density at radius 3 is 1.41 bits per heavy atom. The predicted molar refractivity (Wildman–Crippen MR) is 96.8 cm³/mol. The van der Waals surface area contributed by atoms with E-state index in [4.69, 9.17) is 0 Å². The van der Waals surface area contributed by atoms with Crippen LogP contribution in [0.3, 0.4) is 0 Å². The van der Waals surface area contributed by atoms with E-state index in [2.05, 4.69) is 62.3 Å². The lowest BCUT2D eigenvalue weighted by Gasteiger charge is -2.62. The van der Waals surface area contributed by atoms with Gasteiger partial charge >= 0.3 is 0 Å². The van der Waals surface area contributed by atoms with Crippen molar-refractivity contribution in [2.75, 3.05) is 0 Å². The van der Waals surface area contributed by atoms with Gasteiger partial charge in [-0.3, -0.25) is 0 Å². The lowest BCUT2D eigenvalue weighted by atomic mass is 9.43. The van der Waals surface area contributed by atoms with Crippen LogP contribution in [-0.2, 0) is 0 Å². The molecule has 22 heavy (non-hydrogen) atoms. The van der Waals surface area contributed by atoms with Gasteiger partial charge in [-0.05, 0) is 33.6 Å². The number of benzene rings is 1. The normalized spacial score (nSPS) is 15.7. The Kier molecular flexibility index (Phi) is 5.24. The molecule has 0 saturated carbocycles. The zero-order valence-corrected chi connectivity index (χ0v) is 16.1. The van der Waals surface area contributed by atoms with Gasteiger partial charge in [-0.1, -0.05) is 92.6 Å². The Morgan fingerprint density at radius 1 is 0.727 bits per heavy atom. The summed E-state index contributed by atoms with van der Waals surface area (Å²) in [5.74, 6) is 0. The van der Waals surface area contributed by atoms with Crippen molar-refractivity contribution in [2.45, 2.75) is 74.8 Å². The molecule has 0 saturated heterocycles. The average Bonchev–Trinajstić information content (AvgIpc) is 2.32. The van der Waals surface area contributed by atoms with Gasteiger partial charge in [-0.15, -0.1) is 0 Å². The molecule has 1 atom stereocenters. The number of hydrogen-bond acceptors (Lipinski definition) is 1. The summed E-state index contributed by atoms with van der Waals surface area (Å²) in [4.78, 5) is 0. The van der Waals surface area contributed by atoms with Crippen molar-refractivity contribution in [1.82, 2.24) is 0 Å². The average molecular weight is 305 g/mol. The van der Waals surface area contributed by atoms with Crippen molar-refractivity contribution < 1.29 is 5.11 Å². The number of aliphatic hydroxyl groups excluding tert-OH is 1. The van der Waals surface area contributed by atoms with Crippen LogP contribution in [0.15, 0.2) is 30.3 Å². The van der Waals surface area contributed by atoms with E-state index in [0.29, 0.717) is 0 Å². The molecule has 1 aromatic rings. The summed E-state index contributed by atoms with van der Waals surface area (Å²) in [5, 5.41) is 10.9. The van der Waals surface area contributed by atoms with Crippen molar-refractivity contribution >= 4 is 0 Å². The Labute approximate surface area is 138 Å². The Hall–Kier alpha value is -0.820. The number of aliphatic hydroxyl groups is 1. The highest BCUT2D eigenvalue weighted by molar-refractivity contribution is 5.19. The molecule has 1 heteroatoms. The summed E-state index contributed by atoms with van der Waals surface area (Å²) in [5.41, 5.74) is 1.25. The molecular weight excluding hydrogens is 268 g/mol. The molecule has 1 N–H and O–H groups in total. The maximum atomic E-state index is 10.9. The molecule has 0 spiro atoms. The smallest absolute Gasteiger partial charge is 0.0796 e. The summed E-state index contributed by atoms with van der Waals surface area (Å²) in [6, 6.07) is 10.1. The molecular formula is C21H36O. The first-order chi connectivity index (χ1) is 9.74. The molecule has 0 heterocycles. The van der Waals surface area contributed by atoms with E-state index in [1.807, 2.05) is 30.3 Å². The zero-order chi connectivity index (χ0) is 17.4. The van der Waals surface area contributed by atoms with Crippen LogP contribution in [0.1, 0.15) is 80.4 Å². The zero-order valence-electron chi connectivity index (χ0n) is 16.1. The molecule has 0 radical (unpaired) electrons. The maximum Gasteiger partial charge on any atom is 0.0796 e. The number of rotatable bonds is 3. The van der Waals surface area contributed by atoms with Gasteiger partial charge in [0.25, 0.3) is 0 Å². The molecule has 0 fully saturated rings. The molecule has 0 aliphatic rings. The first kappa shape index (κ1) is 19.2. The SMILES string of the molecule is CC(C)(C)C(CC(O)c1ccccc1)(C(C)(C)C)C(C)(C)C. The van der Waals surface area contributed by atoms with Crippen molar-refractivity contribution in [3.63, 3.8) is 0 Å². The van der Waals surface area contributed by atoms with E-state index >= 15 is 0 Å². The molecule has 0 amide bonds. The minimum absolute atomic E-state index is 0.0116. The van der Waals surface area contributed by atoms with Gasteiger partial charge in [0.1, 0.15) is 0 Å². The second-order valence-corrected chi connectivity index (χ2v) is 9.79. The molecule has 126 valence electrons. The van der Waals surface area contributed by atoms with Crippen LogP contribution in [0.5, 0.6) is 0 Å². The number of hydrogen-bond donors (Lipinski definition) is 1. The molecule has 0 aliphatic heterocycles. The van der Waals surface area contributed by atoms with Crippen LogP contribution in [0.25, 0.3) is 0 Å². The van der Waals surface area contributed by atoms with E-state index in [1.54, 1.807) is 0 Å². The molecule has 1 nitrogen and oxygen atoms in total. The van der Waals surface area contributed by atoms with Gasteiger partial charge in [0, 0.05) is 0 Å². The fraction of sp³-hybridized carbons (Fsp3) is 0.714. The van der Waals surface area contributed by atoms with Gasteiger partial charge in [-0.25, -0.2) is 0 Å². The van der Waals surface area contributed by atoms with Gasteiger partial charge in [0.2, 0.25) is 0 Å². The second-order valence-electron chi connectivity index (χ2n) is 9.79. The van der Waals surface area contributed by atoms with E-state index < -0.39 is 6.10 Å². The van der Waals surface area contributed by atoms with Crippen molar-refractivity contribution in [3.8, 4) is 0 Å². The van der Waals surface area contributed by atoms with Crippen LogP contribution in [0.2, 0.25) is 0 Å². The molecule has 0 aromatic heterocycles. The van der Waals surface area contributed by atoms with Crippen LogP contribution in [0, 0.1) is 21.7 Å². The van der Waals surface area contributed by atoms with E-state index in [0.717, 1.165) is 12.0 Å². The van der Waals surface area contributed by atoms with E-state index in [1.165, 1.54) is 0 Å². The minimum atomic E-state index is -0.432. The quantitative estimate of drug-likeness (QED) is 0.701. The fourth-order valence-electron chi connectivity index (χ4n) is 5.38. The second kappa shape index (κ2) is 6.00. The highest BCUT2D eigenvalue weighted by atomic mass is 16.3. The summed E-state index contributed by atoms with van der Waals surface area (Å²) in [6.07, 6.45) is 0.340. The van der Waals surface area contributed by atoms with Gasteiger partial charge in [-0.2, -0.15) is 0 Å². The highest BCUT2D eigenvalue weighted by Gasteiger charge is 2.57. The van der Waals surface area contributed by atoms with Gasteiger partial charge in [0.05, 0.1) is 6.10 Å². The fourth-order valence-corrected chi connectivity index (χ4v) is 5.38. The van der Waals surface area contributed by atoms with Crippen molar-refractivity contribution in [2.24, 2.45) is 21.7 Å².